The van der Waals surface area contributed by atoms with E-state index in [1.807, 2.05) is 0 Å². The van der Waals surface area contributed by atoms with Crippen LogP contribution in [0.4, 0.5) is 0 Å². The Morgan fingerprint density at radius 3 is 2.04 bits per heavy atom. The minimum atomic E-state index is -0.921. The SMILES string of the molecule is C=CCOC(=O)CC(CCCC/C=C/CCCCCCCCCC)C(=O)O. The van der Waals surface area contributed by atoms with Gasteiger partial charge >= 0.3 is 11.9 Å². The Morgan fingerprint density at radius 1 is 0.926 bits per heavy atom. The van der Waals surface area contributed by atoms with E-state index in [4.69, 9.17) is 4.74 Å². The summed E-state index contributed by atoms with van der Waals surface area (Å²) in [5.74, 6) is -2.04. The first-order valence-corrected chi connectivity index (χ1v) is 10.8. The van der Waals surface area contributed by atoms with Crippen molar-refractivity contribution in [2.45, 2.75) is 96.8 Å². The van der Waals surface area contributed by atoms with Crippen LogP contribution in [-0.4, -0.2) is 23.7 Å². The van der Waals surface area contributed by atoms with E-state index in [9.17, 15) is 14.7 Å². The number of hydrogen-bond donors (Lipinski definition) is 1. The van der Waals surface area contributed by atoms with Gasteiger partial charge in [-0.2, -0.15) is 0 Å². The molecule has 4 heteroatoms. The van der Waals surface area contributed by atoms with Crippen molar-refractivity contribution in [3.63, 3.8) is 0 Å². The number of allylic oxidation sites excluding steroid dienone is 2. The summed E-state index contributed by atoms with van der Waals surface area (Å²) in [4.78, 5) is 22.8. The predicted octanol–water partition coefficient (Wildman–Crippen LogP) is 6.45. The fourth-order valence-corrected chi connectivity index (χ4v) is 3.01. The Kier molecular flexibility index (Phi) is 18.1. The third-order valence-corrected chi connectivity index (χ3v) is 4.69. The molecule has 1 atom stereocenters. The van der Waals surface area contributed by atoms with E-state index < -0.39 is 17.9 Å². The lowest BCUT2D eigenvalue weighted by atomic mass is 9.98. The van der Waals surface area contributed by atoms with Gasteiger partial charge in [0.25, 0.3) is 0 Å². The van der Waals surface area contributed by atoms with Crippen molar-refractivity contribution in [1.82, 2.24) is 0 Å². The second-order valence-corrected chi connectivity index (χ2v) is 7.23. The number of carbonyl (C=O) groups is 2. The van der Waals surface area contributed by atoms with Crippen LogP contribution in [0.2, 0.25) is 0 Å². The normalized spacial score (nSPS) is 12.2. The van der Waals surface area contributed by atoms with E-state index in [2.05, 4.69) is 25.7 Å². The van der Waals surface area contributed by atoms with Gasteiger partial charge in [0.05, 0.1) is 12.3 Å². The van der Waals surface area contributed by atoms with Gasteiger partial charge in [-0.3, -0.25) is 9.59 Å². The molecule has 0 aliphatic rings. The van der Waals surface area contributed by atoms with E-state index in [1.54, 1.807) is 0 Å². The number of esters is 1. The maximum absolute atomic E-state index is 11.5. The van der Waals surface area contributed by atoms with Gasteiger partial charge in [0.1, 0.15) is 6.61 Å². The molecular formula is C23H40O4. The lowest BCUT2D eigenvalue weighted by molar-refractivity contribution is -0.151. The quantitative estimate of drug-likeness (QED) is 0.159. The van der Waals surface area contributed by atoms with Crippen molar-refractivity contribution < 1.29 is 19.4 Å². The summed E-state index contributed by atoms with van der Waals surface area (Å²) in [6.45, 7) is 5.85. The molecular weight excluding hydrogens is 340 g/mol. The van der Waals surface area contributed by atoms with Gasteiger partial charge in [-0.25, -0.2) is 0 Å². The van der Waals surface area contributed by atoms with Crippen molar-refractivity contribution >= 4 is 11.9 Å². The summed E-state index contributed by atoms with van der Waals surface area (Å²) < 4.78 is 4.86. The molecule has 156 valence electrons. The van der Waals surface area contributed by atoms with E-state index in [0.29, 0.717) is 6.42 Å². The molecule has 0 saturated heterocycles. The Balaban J connectivity index is 3.60. The first-order chi connectivity index (χ1) is 13.1. The number of carboxylic acids is 1. The van der Waals surface area contributed by atoms with E-state index in [-0.39, 0.29) is 13.0 Å². The van der Waals surface area contributed by atoms with Crippen LogP contribution in [0.15, 0.2) is 24.8 Å². The third kappa shape index (κ3) is 17.6. The lowest BCUT2D eigenvalue weighted by Gasteiger charge is -2.11. The minimum Gasteiger partial charge on any atom is -0.481 e. The van der Waals surface area contributed by atoms with Crippen LogP contribution in [0.1, 0.15) is 96.8 Å². The monoisotopic (exact) mass is 380 g/mol. The highest BCUT2D eigenvalue weighted by atomic mass is 16.5. The molecule has 0 bridgehead atoms. The van der Waals surface area contributed by atoms with Gasteiger partial charge in [0, 0.05) is 0 Å². The summed E-state index contributed by atoms with van der Waals surface area (Å²) in [6, 6.07) is 0. The Morgan fingerprint density at radius 2 is 1.48 bits per heavy atom. The van der Waals surface area contributed by atoms with E-state index in [0.717, 1.165) is 25.7 Å². The van der Waals surface area contributed by atoms with Crippen LogP contribution in [0.5, 0.6) is 0 Å². The highest BCUT2D eigenvalue weighted by Crippen LogP contribution is 2.16. The molecule has 0 heterocycles. The summed E-state index contributed by atoms with van der Waals surface area (Å²) >= 11 is 0. The number of rotatable bonds is 19. The van der Waals surface area contributed by atoms with Crippen LogP contribution in [0, 0.1) is 5.92 Å². The van der Waals surface area contributed by atoms with Gasteiger partial charge in [0.2, 0.25) is 0 Å². The molecule has 0 aromatic rings. The van der Waals surface area contributed by atoms with Gasteiger partial charge in [-0.15, -0.1) is 0 Å². The van der Waals surface area contributed by atoms with E-state index in [1.165, 1.54) is 57.4 Å². The molecule has 0 aromatic carbocycles. The molecule has 1 N–H and O–H groups in total. The summed E-state index contributed by atoms with van der Waals surface area (Å²) in [6.07, 6.45) is 21.0. The molecule has 0 saturated carbocycles. The van der Waals surface area contributed by atoms with Crippen molar-refractivity contribution in [2.24, 2.45) is 5.92 Å². The van der Waals surface area contributed by atoms with Crippen molar-refractivity contribution in [3.8, 4) is 0 Å². The Labute approximate surface area is 166 Å². The van der Waals surface area contributed by atoms with Crippen molar-refractivity contribution in [3.05, 3.63) is 24.8 Å². The van der Waals surface area contributed by atoms with Crippen LogP contribution >= 0.6 is 0 Å². The van der Waals surface area contributed by atoms with Crippen molar-refractivity contribution in [2.75, 3.05) is 6.61 Å². The fourth-order valence-electron chi connectivity index (χ4n) is 3.01. The maximum atomic E-state index is 11.5. The smallest absolute Gasteiger partial charge is 0.307 e. The third-order valence-electron chi connectivity index (χ3n) is 4.69. The summed E-state index contributed by atoms with van der Waals surface area (Å²) in [5.41, 5.74) is 0. The van der Waals surface area contributed by atoms with Crippen molar-refractivity contribution in [1.29, 1.82) is 0 Å². The largest absolute Gasteiger partial charge is 0.481 e. The molecule has 0 rings (SSSR count). The Bertz CT molecular complexity index is 415. The van der Waals surface area contributed by atoms with Crippen LogP contribution in [-0.2, 0) is 14.3 Å². The molecule has 1 unspecified atom stereocenters. The standard InChI is InChI=1S/C23H40O4/c1-3-5-6-7-8-9-10-11-12-13-14-15-16-17-18-21(23(25)26)20-22(24)27-19-4-2/h4,13-14,21H,2-3,5-12,15-20H2,1H3,(H,25,26)/b14-13+. The molecule has 0 aromatic heterocycles. The number of hydrogen-bond acceptors (Lipinski definition) is 3. The molecule has 27 heavy (non-hydrogen) atoms. The summed E-state index contributed by atoms with van der Waals surface area (Å²) in [7, 11) is 0. The average molecular weight is 381 g/mol. The number of aliphatic carboxylic acids is 1. The second kappa shape index (κ2) is 19.2. The number of carboxylic acid groups (broad SMARTS) is 1. The number of ether oxygens (including phenoxy) is 1. The zero-order chi connectivity index (χ0) is 20.2. The second-order valence-electron chi connectivity index (χ2n) is 7.23. The van der Waals surface area contributed by atoms with Gasteiger partial charge in [-0.1, -0.05) is 83.1 Å². The minimum absolute atomic E-state index is 0.0581. The fraction of sp³-hybridized carbons (Fsp3) is 0.739. The van der Waals surface area contributed by atoms with Crippen LogP contribution in [0.25, 0.3) is 0 Å². The first-order valence-electron chi connectivity index (χ1n) is 10.8. The molecule has 0 fully saturated rings. The van der Waals surface area contributed by atoms with E-state index >= 15 is 0 Å². The highest BCUT2D eigenvalue weighted by Gasteiger charge is 2.21. The Hall–Kier alpha value is -1.58. The zero-order valence-corrected chi connectivity index (χ0v) is 17.3. The topological polar surface area (TPSA) is 63.6 Å². The molecule has 0 spiro atoms. The number of unbranched alkanes of at least 4 members (excludes halogenated alkanes) is 10. The summed E-state index contributed by atoms with van der Waals surface area (Å²) in [5, 5.41) is 9.21. The molecule has 4 nitrogen and oxygen atoms in total. The molecule has 0 aliphatic carbocycles. The average Bonchev–Trinajstić information content (AvgIpc) is 2.65. The lowest BCUT2D eigenvalue weighted by Crippen LogP contribution is -2.19. The first kappa shape index (κ1) is 25.4. The maximum Gasteiger partial charge on any atom is 0.307 e. The van der Waals surface area contributed by atoms with Crippen LogP contribution < -0.4 is 0 Å². The van der Waals surface area contributed by atoms with Gasteiger partial charge in [-0.05, 0) is 32.1 Å². The number of carbonyl (C=O) groups excluding carboxylic acids is 1. The zero-order valence-electron chi connectivity index (χ0n) is 17.3. The highest BCUT2D eigenvalue weighted by molar-refractivity contribution is 5.78. The molecule has 0 amide bonds. The molecule has 0 radical (unpaired) electrons. The molecule has 0 aliphatic heterocycles. The van der Waals surface area contributed by atoms with Crippen LogP contribution in [0.3, 0.4) is 0 Å². The van der Waals surface area contributed by atoms with Gasteiger partial charge in [0.15, 0.2) is 0 Å². The van der Waals surface area contributed by atoms with Gasteiger partial charge < -0.3 is 9.84 Å². The predicted molar refractivity (Wildman–Crippen MR) is 112 cm³/mol.